The molecule has 0 saturated heterocycles. The van der Waals surface area contributed by atoms with E-state index in [1.807, 2.05) is 24.3 Å². The normalized spacial score (nSPS) is 10.2. The zero-order chi connectivity index (χ0) is 13.8. The van der Waals surface area contributed by atoms with Gasteiger partial charge < -0.3 is 15.2 Å². The van der Waals surface area contributed by atoms with E-state index in [0.29, 0.717) is 0 Å². The summed E-state index contributed by atoms with van der Waals surface area (Å²) >= 11 is 0. The highest BCUT2D eigenvalue weighted by atomic mass is 16.5. The largest absolute Gasteiger partial charge is 0.507 e. The highest BCUT2D eigenvalue weighted by molar-refractivity contribution is 6.02. The number of carbonyl (C=O) groups excluding carboxylic acids is 2. The van der Waals surface area contributed by atoms with Crippen LogP contribution in [-0.4, -0.2) is 30.6 Å². The molecule has 0 atom stereocenters. The summed E-state index contributed by atoms with van der Waals surface area (Å²) in [7, 11) is 1.24. The maximum atomic E-state index is 11.9. The maximum Gasteiger partial charge on any atom is 0.325 e. The second kappa shape index (κ2) is 5.39. The van der Waals surface area contributed by atoms with Gasteiger partial charge in [0.15, 0.2) is 0 Å². The molecule has 2 N–H and O–H groups in total. The number of hydrogen-bond acceptors (Lipinski definition) is 4. The molecule has 0 aromatic heterocycles. The minimum absolute atomic E-state index is 0.124. The van der Waals surface area contributed by atoms with E-state index in [1.54, 1.807) is 6.07 Å². The fraction of sp³-hybridized carbons (Fsp3) is 0.143. The highest BCUT2D eigenvalue weighted by Crippen LogP contribution is 2.24. The van der Waals surface area contributed by atoms with Gasteiger partial charge in [0.2, 0.25) is 0 Å². The van der Waals surface area contributed by atoms with Gasteiger partial charge in [-0.15, -0.1) is 0 Å². The molecule has 19 heavy (non-hydrogen) atoms. The van der Waals surface area contributed by atoms with Crippen LogP contribution in [0.15, 0.2) is 36.4 Å². The molecule has 0 fully saturated rings. The van der Waals surface area contributed by atoms with Crippen molar-refractivity contribution in [2.75, 3.05) is 13.7 Å². The molecular weight excluding hydrogens is 246 g/mol. The van der Waals surface area contributed by atoms with E-state index < -0.39 is 11.9 Å². The Balaban J connectivity index is 2.26. The Hall–Kier alpha value is -2.56. The average molecular weight is 259 g/mol. The molecule has 0 saturated carbocycles. The Morgan fingerprint density at radius 2 is 1.84 bits per heavy atom. The van der Waals surface area contributed by atoms with Crippen molar-refractivity contribution in [3.63, 3.8) is 0 Å². The van der Waals surface area contributed by atoms with Crippen LogP contribution >= 0.6 is 0 Å². The van der Waals surface area contributed by atoms with Crippen molar-refractivity contribution < 1.29 is 19.4 Å². The van der Waals surface area contributed by atoms with Gasteiger partial charge in [0, 0.05) is 0 Å². The van der Waals surface area contributed by atoms with Gasteiger partial charge in [-0.05, 0) is 22.9 Å². The highest BCUT2D eigenvalue weighted by Gasteiger charge is 2.13. The summed E-state index contributed by atoms with van der Waals surface area (Å²) in [6.45, 7) is -0.235. The van der Waals surface area contributed by atoms with Crippen LogP contribution in [0.25, 0.3) is 10.8 Å². The molecule has 2 aromatic carbocycles. The van der Waals surface area contributed by atoms with Crippen LogP contribution in [0.4, 0.5) is 0 Å². The Morgan fingerprint density at radius 1 is 1.21 bits per heavy atom. The molecule has 5 nitrogen and oxygen atoms in total. The number of hydrogen-bond donors (Lipinski definition) is 2. The van der Waals surface area contributed by atoms with Crippen molar-refractivity contribution in [3.05, 3.63) is 42.0 Å². The van der Waals surface area contributed by atoms with Crippen LogP contribution in [0.3, 0.4) is 0 Å². The third-order valence-electron chi connectivity index (χ3n) is 2.73. The Morgan fingerprint density at radius 3 is 2.47 bits per heavy atom. The maximum absolute atomic E-state index is 11.9. The van der Waals surface area contributed by atoms with Crippen LogP contribution < -0.4 is 5.32 Å². The zero-order valence-electron chi connectivity index (χ0n) is 10.3. The molecule has 0 bridgehead atoms. The number of ether oxygens (including phenoxy) is 1. The fourth-order valence-electron chi connectivity index (χ4n) is 1.73. The first-order chi connectivity index (χ1) is 9.11. The number of methoxy groups -OCH3 is 1. The van der Waals surface area contributed by atoms with Crippen LogP contribution in [0.1, 0.15) is 10.4 Å². The van der Waals surface area contributed by atoms with E-state index in [9.17, 15) is 14.7 Å². The van der Waals surface area contributed by atoms with Gasteiger partial charge in [0.25, 0.3) is 5.91 Å². The van der Waals surface area contributed by atoms with Crippen molar-refractivity contribution in [2.24, 2.45) is 0 Å². The van der Waals surface area contributed by atoms with Crippen molar-refractivity contribution in [3.8, 4) is 5.75 Å². The van der Waals surface area contributed by atoms with E-state index >= 15 is 0 Å². The van der Waals surface area contributed by atoms with Gasteiger partial charge in [0.1, 0.15) is 12.3 Å². The molecule has 1 amide bonds. The van der Waals surface area contributed by atoms with Crippen LogP contribution in [-0.2, 0) is 9.53 Å². The average Bonchev–Trinajstić information content (AvgIpc) is 2.43. The number of phenolic OH excluding ortho intramolecular Hbond substituents is 1. The van der Waals surface area contributed by atoms with Crippen molar-refractivity contribution in [1.29, 1.82) is 0 Å². The lowest BCUT2D eigenvalue weighted by molar-refractivity contribution is -0.139. The Bertz CT molecular complexity index is 636. The van der Waals surface area contributed by atoms with E-state index in [2.05, 4.69) is 10.1 Å². The molecule has 0 heterocycles. The number of benzene rings is 2. The third kappa shape index (κ3) is 2.82. The van der Waals surface area contributed by atoms with Crippen LogP contribution in [0.5, 0.6) is 5.75 Å². The lowest BCUT2D eigenvalue weighted by atomic mass is 10.1. The fourth-order valence-corrected chi connectivity index (χ4v) is 1.73. The number of esters is 1. The lowest BCUT2D eigenvalue weighted by Crippen LogP contribution is -2.30. The summed E-state index contributed by atoms with van der Waals surface area (Å²) in [6.07, 6.45) is 0. The van der Waals surface area contributed by atoms with E-state index in [4.69, 9.17) is 0 Å². The summed E-state index contributed by atoms with van der Waals surface area (Å²) in [5, 5.41) is 13.9. The van der Waals surface area contributed by atoms with Crippen molar-refractivity contribution in [2.45, 2.75) is 0 Å². The standard InChI is InChI=1S/C14H13NO4/c1-19-13(17)8-15-14(18)11-6-9-4-2-3-5-10(9)7-12(11)16/h2-7,16H,8H2,1H3,(H,15,18). The van der Waals surface area contributed by atoms with Crippen molar-refractivity contribution >= 4 is 22.6 Å². The molecular formula is C14H13NO4. The number of nitrogens with one attached hydrogen (secondary N) is 1. The van der Waals surface area contributed by atoms with Gasteiger partial charge in [0.05, 0.1) is 12.7 Å². The van der Waals surface area contributed by atoms with E-state index in [-0.39, 0.29) is 17.9 Å². The Kier molecular flexibility index (Phi) is 3.66. The van der Waals surface area contributed by atoms with Crippen LogP contribution in [0.2, 0.25) is 0 Å². The van der Waals surface area contributed by atoms with Gasteiger partial charge in [-0.3, -0.25) is 9.59 Å². The summed E-state index contributed by atoms with van der Waals surface area (Å²) in [4.78, 5) is 22.8. The second-order valence-corrected chi connectivity index (χ2v) is 3.98. The summed E-state index contributed by atoms with van der Waals surface area (Å²) in [5.74, 6) is -1.19. The molecule has 0 spiro atoms. The predicted molar refractivity (Wildman–Crippen MR) is 70.0 cm³/mol. The number of amides is 1. The Labute approximate surface area is 109 Å². The summed E-state index contributed by atoms with van der Waals surface area (Å²) < 4.78 is 4.42. The molecule has 2 rings (SSSR count). The molecule has 2 aromatic rings. The summed E-state index contributed by atoms with van der Waals surface area (Å²) in [5.41, 5.74) is 0.127. The molecule has 0 radical (unpaired) electrons. The topological polar surface area (TPSA) is 75.6 Å². The first-order valence-electron chi connectivity index (χ1n) is 5.68. The quantitative estimate of drug-likeness (QED) is 0.818. The smallest absolute Gasteiger partial charge is 0.325 e. The number of fused-ring (bicyclic) bond motifs is 1. The third-order valence-corrected chi connectivity index (χ3v) is 2.73. The molecule has 5 heteroatoms. The van der Waals surface area contributed by atoms with Gasteiger partial charge >= 0.3 is 5.97 Å². The molecule has 0 unspecified atom stereocenters. The zero-order valence-corrected chi connectivity index (χ0v) is 10.3. The molecule has 0 aliphatic carbocycles. The first kappa shape index (κ1) is 12.9. The second-order valence-electron chi connectivity index (χ2n) is 3.98. The van der Waals surface area contributed by atoms with Gasteiger partial charge in [-0.1, -0.05) is 24.3 Å². The summed E-state index contributed by atoms with van der Waals surface area (Å²) in [6, 6.07) is 10.5. The predicted octanol–water partition coefficient (Wildman–Crippen LogP) is 1.45. The SMILES string of the molecule is COC(=O)CNC(=O)c1cc2ccccc2cc1O. The van der Waals surface area contributed by atoms with E-state index in [1.165, 1.54) is 13.2 Å². The van der Waals surface area contributed by atoms with E-state index in [0.717, 1.165) is 10.8 Å². The molecule has 0 aliphatic rings. The monoisotopic (exact) mass is 259 g/mol. The van der Waals surface area contributed by atoms with Crippen molar-refractivity contribution in [1.82, 2.24) is 5.32 Å². The minimum Gasteiger partial charge on any atom is -0.507 e. The minimum atomic E-state index is -0.548. The molecule has 0 aliphatic heterocycles. The number of aromatic hydroxyl groups is 1. The van der Waals surface area contributed by atoms with Gasteiger partial charge in [-0.2, -0.15) is 0 Å². The lowest BCUT2D eigenvalue weighted by Gasteiger charge is -2.07. The van der Waals surface area contributed by atoms with Gasteiger partial charge in [-0.25, -0.2) is 0 Å². The molecule has 98 valence electrons. The number of phenols is 1. The number of carbonyl (C=O) groups is 2. The first-order valence-corrected chi connectivity index (χ1v) is 5.68. The number of rotatable bonds is 3. The van der Waals surface area contributed by atoms with Crippen LogP contribution in [0, 0.1) is 0 Å².